The summed E-state index contributed by atoms with van der Waals surface area (Å²) in [5.74, 6) is 1.39. The summed E-state index contributed by atoms with van der Waals surface area (Å²) in [6.07, 6.45) is 0.135. The van der Waals surface area contributed by atoms with Crippen molar-refractivity contribution in [3.8, 4) is 5.75 Å². The van der Waals surface area contributed by atoms with Crippen LogP contribution in [0.2, 0.25) is 0 Å². The first-order chi connectivity index (χ1) is 13.4. The summed E-state index contributed by atoms with van der Waals surface area (Å²) >= 11 is 0. The van der Waals surface area contributed by atoms with Crippen LogP contribution in [0, 0.1) is 0 Å². The van der Waals surface area contributed by atoms with Crippen LogP contribution in [0.3, 0.4) is 0 Å². The zero-order valence-corrected chi connectivity index (χ0v) is 17.3. The van der Waals surface area contributed by atoms with Gasteiger partial charge in [-0.1, -0.05) is 38.1 Å². The van der Waals surface area contributed by atoms with Gasteiger partial charge in [0, 0.05) is 31.9 Å². The van der Waals surface area contributed by atoms with Gasteiger partial charge in [0.1, 0.15) is 5.75 Å². The summed E-state index contributed by atoms with van der Waals surface area (Å²) in [5.41, 5.74) is 3.21. The molecule has 1 heterocycles. The number of amides is 2. The Balaban J connectivity index is 1.57. The van der Waals surface area contributed by atoms with Gasteiger partial charge in [0.2, 0.25) is 0 Å². The summed E-state index contributed by atoms with van der Waals surface area (Å²) in [6, 6.07) is 16.2. The fourth-order valence-electron chi connectivity index (χ4n) is 3.38. The zero-order valence-electron chi connectivity index (χ0n) is 17.3. The van der Waals surface area contributed by atoms with Gasteiger partial charge < -0.3 is 19.9 Å². The third-order valence-corrected chi connectivity index (χ3v) is 4.96. The van der Waals surface area contributed by atoms with Crippen LogP contribution in [0.1, 0.15) is 39.2 Å². The molecule has 0 atom stereocenters. The average molecular weight is 382 g/mol. The van der Waals surface area contributed by atoms with Crippen molar-refractivity contribution < 1.29 is 9.53 Å². The molecule has 0 bridgehead atoms. The second-order valence-electron chi connectivity index (χ2n) is 7.82. The number of carbonyl (C=O) groups excluding carboxylic acids is 1. The molecule has 0 unspecified atom stereocenters. The first-order valence-corrected chi connectivity index (χ1v) is 10.1. The third-order valence-electron chi connectivity index (χ3n) is 4.96. The second kappa shape index (κ2) is 9.00. The maximum absolute atomic E-state index is 12.6. The molecular formula is C23H31N3O2. The smallest absolute Gasteiger partial charge is 0.321 e. The lowest BCUT2D eigenvalue weighted by Gasteiger charge is -2.36. The number of hydrogen-bond donors (Lipinski definition) is 1. The highest BCUT2D eigenvalue weighted by molar-refractivity contribution is 5.89. The first kappa shape index (κ1) is 20.1. The molecule has 1 aliphatic rings. The molecule has 5 heteroatoms. The molecule has 28 heavy (non-hydrogen) atoms. The molecule has 1 aliphatic heterocycles. The molecule has 2 amide bonds. The van der Waals surface area contributed by atoms with Crippen molar-refractivity contribution in [3.63, 3.8) is 0 Å². The van der Waals surface area contributed by atoms with Crippen LogP contribution < -0.4 is 15.0 Å². The molecule has 0 spiro atoms. The van der Waals surface area contributed by atoms with E-state index in [9.17, 15) is 4.79 Å². The van der Waals surface area contributed by atoms with Crippen molar-refractivity contribution in [3.05, 3.63) is 54.1 Å². The Bertz CT molecular complexity index is 779. The number of benzene rings is 2. The molecule has 1 N–H and O–H groups in total. The number of hydrogen-bond acceptors (Lipinski definition) is 3. The van der Waals surface area contributed by atoms with Gasteiger partial charge in [0.05, 0.1) is 11.8 Å². The fourth-order valence-corrected chi connectivity index (χ4v) is 3.38. The Morgan fingerprint density at radius 3 is 2.18 bits per heavy atom. The minimum atomic E-state index is -0.0383. The molecule has 0 saturated carbocycles. The zero-order chi connectivity index (χ0) is 20.1. The lowest BCUT2D eigenvalue weighted by atomic mass is 10.0. The van der Waals surface area contributed by atoms with E-state index < -0.39 is 0 Å². The Morgan fingerprint density at radius 1 is 0.929 bits per heavy atom. The van der Waals surface area contributed by atoms with E-state index in [-0.39, 0.29) is 12.1 Å². The van der Waals surface area contributed by atoms with Crippen LogP contribution in [-0.4, -0.2) is 43.2 Å². The predicted molar refractivity (Wildman–Crippen MR) is 116 cm³/mol. The molecular weight excluding hydrogens is 350 g/mol. The fraction of sp³-hybridized carbons (Fsp3) is 0.435. The van der Waals surface area contributed by atoms with E-state index in [4.69, 9.17) is 4.74 Å². The average Bonchev–Trinajstić information content (AvgIpc) is 2.68. The minimum Gasteiger partial charge on any atom is -0.489 e. The highest BCUT2D eigenvalue weighted by atomic mass is 16.5. The van der Waals surface area contributed by atoms with Crippen LogP contribution in [-0.2, 0) is 0 Å². The molecule has 0 radical (unpaired) electrons. The van der Waals surface area contributed by atoms with E-state index in [1.54, 1.807) is 0 Å². The Kier molecular flexibility index (Phi) is 6.45. The van der Waals surface area contributed by atoms with Gasteiger partial charge in [-0.2, -0.15) is 0 Å². The second-order valence-corrected chi connectivity index (χ2v) is 7.82. The van der Waals surface area contributed by atoms with E-state index in [1.165, 1.54) is 5.56 Å². The summed E-state index contributed by atoms with van der Waals surface area (Å²) in [4.78, 5) is 16.8. The molecule has 2 aromatic carbocycles. The van der Waals surface area contributed by atoms with Crippen LogP contribution in [0.25, 0.3) is 0 Å². The standard InChI is InChI=1S/C23H31N3O2/c1-17(2)19-9-11-20(12-10-19)24-23(27)26-15-13-25(14-16-26)21-7-5-6-8-22(21)28-18(3)4/h5-12,17-18H,13-16H2,1-4H3,(H,24,27). The summed E-state index contributed by atoms with van der Waals surface area (Å²) in [7, 11) is 0. The molecule has 1 saturated heterocycles. The number of para-hydroxylation sites is 2. The monoisotopic (exact) mass is 381 g/mol. The number of ether oxygens (including phenoxy) is 1. The Labute approximate surface area is 168 Å². The van der Waals surface area contributed by atoms with Crippen LogP contribution >= 0.6 is 0 Å². The predicted octanol–water partition coefficient (Wildman–Crippen LogP) is 4.95. The molecule has 0 aliphatic carbocycles. The molecule has 5 nitrogen and oxygen atoms in total. The largest absolute Gasteiger partial charge is 0.489 e. The summed E-state index contributed by atoms with van der Waals surface area (Å²) in [6.45, 7) is 11.3. The number of anilines is 2. The number of nitrogens with zero attached hydrogens (tertiary/aromatic N) is 2. The molecule has 3 rings (SSSR count). The van der Waals surface area contributed by atoms with Gasteiger partial charge in [-0.3, -0.25) is 0 Å². The summed E-state index contributed by atoms with van der Waals surface area (Å²) in [5, 5.41) is 3.01. The number of piperazine rings is 1. The lowest BCUT2D eigenvalue weighted by Crippen LogP contribution is -2.50. The SMILES string of the molecule is CC(C)Oc1ccccc1N1CCN(C(=O)Nc2ccc(C(C)C)cc2)CC1. The summed E-state index contributed by atoms with van der Waals surface area (Å²) < 4.78 is 5.94. The van der Waals surface area contributed by atoms with Gasteiger partial charge in [-0.15, -0.1) is 0 Å². The van der Waals surface area contributed by atoms with Gasteiger partial charge >= 0.3 is 6.03 Å². The first-order valence-electron chi connectivity index (χ1n) is 10.1. The highest BCUT2D eigenvalue weighted by Gasteiger charge is 2.23. The molecule has 2 aromatic rings. The number of carbonyl (C=O) groups is 1. The van der Waals surface area contributed by atoms with E-state index in [0.29, 0.717) is 19.0 Å². The van der Waals surface area contributed by atoms with Crippen molar-refractivity contribution in [2.75, 3.05) is 36.4 Å². The van der Waals surface area contributed by atoms with E-state index >= 15 is 0 Å². The number of urea groups is 1. The van der Waals surface area contributed by atoms with E-state index in [1.807, 2.05) is 49.1 Å². The van der Waals surface area contributed by atoms with Gasteiger partial charge in [-0.25, -0.2) is 4.79 Å². The normalized spacial score (nSPS) is 14.5. The van der Waals surface area contributed by atoms with Crippen molar-refractivity contribution in [1.29, 1.82) is 0 Å². The quantitative estimate of drug-likeness (QED) is 0.797. The van der Waals surface area contributed by atoms with Crippen LogP contribution in [0.4, 0.5) is 16.2 Å². The number of nitrogens with one attached hydrogen (secondary N) is 1. The lowest BCUT2D eigenvalue weighted by molar-refractivity contribution is 0.207. The Hall–Kier alpha value is -2.69. The van der Waals surface area contributed by atoms with E-state index in [0.717, 1.165) is 30.2 Å². The Morgan fingerprint density at radius 2 is 1.57 bits per heavy atom. The molecule has 1 fully saturated rings. The van der Waals surface area contributed by atoms with Crippen molar-refractivity contribution >= 4 is 17.4 Å². The van der Waals surface area contributed by atoms with Crippen molar-refractivity contribution in [2.24, 2.45) is 0 Å². The van der Waals surface area contributed by atoms with Crippen LogP contribution in [0.5, 0.6) is 5.75 Å². The van der Waals surface area contributed by atoms with Gasteiger partial charge in [-0.05, 0) is 49.6 Å². The minimum absolute atomic E-state index is 0.0383. The maximum Gasteiger partial charge on any atom is 0.321 e. The molecule has 150 valence electrons. The maximum atomic E-state index is 12.6. The third kappa shape index (κ3) is 4.97. The van der Waals surface area contributed by atoms with Gasteiger partial charge in [0.25, 0.3) is 0 Å². The van der Waals surface area contributed by atoms with Crippen LogP contribution in [0.15, 0.2) is 48.5 Å². The van der Waals surface area contributed by atoms with Gasteiger partial charge in [0.15, 0.2) is 0 Å². The number of rotatable bonds is 5. The van der Waals surface area contributed by atoms with E-state index in [2.05, 4.69) is 42.3 Å². The highest BCUT2D eigenvalue weighted by Crippen LogP contribution is 2.29. The molecule has 0 aromatic heterocycles. The van der Waals surface area contributed by atoms with Crippen molar-refractivity contribution in [1.82, 2.24) is 4.90 Å². The topological polar surface area (TPSA) is 44.8 Å². The van der Waals surface area contributed by atoms with Crippen molar-refractivity contribution in [2.45, 2.75) is 39.7 Å².